The second-order valence-corrected chi connectivity index (χ2v) is 10.3. The molecule has 0 heterocycles. The molecule has 3 aromatic carbocycles. The Morgan fingerprint density at radius 2 is 1.67 bits per heavy atom. The zero-order valence-electron chi connectivity index (χ0n) is 21.4. The molecule has 0 atom stereocenters. The van der Waals surface area contributed by atoms with Crippen LogP contribution in [-0.4, -0.2) is 12.5 Å². The second kappa shape index (κ2) is 13.0. The van der Waals surface area contributed by atoms with Crippen LogP contribution in [0, 0.1) is 0 Å². The molecule has 0 saturated carbocycles. The first-order chi connectivity index (χ1) is 17.2. The Labute approximate surface area is 227 Å². The monoisotopic (exact) mass is 569 g/mol. The molecule has 1 amide bonds. The van der Waals surface area contributed by atoms with Gasteiger partial charge in [-0.3, -0.25) is 4.79 Å². The minimum atomic E-state index is -0.182. The minimum absolute atomic E-state index is 0.182. The zero-order chi connectivity index (χ0) is 26.2. The summed E-state index contributed by atoms with van der Waals surface area (Å²) in [6, 6.07) is 17.5. The fourth-order valence-electron chi connectivity index (χ4n) is 3.88. The molecule has 3 aromatic rings. The molecule has 0 aromatic heterocycles. The largest absolute Gasteiger partial charge is 0.490 e. The number of carbonyl (C=O) groups excluding carboxylic acids is 1. The lowest BCUT2D eigenvalue weighted by molar-refractivity contribution is -0.111. The van der Waals surface area contributed by atoms with E-state index in [9.17, 15) is 4.79 Å². The Morgan fingerprint density at radius 1 is 1.00 bits per heavy atom. The summed E-state index contributed by atoms with van der Waals surface area (Å²) in [6.45, 7) is 11.2. The summed E-state index contributed by atoms with van der Waals surface area (Å²) < 4.78 is 12.6. The molecule has 0 aliphatic rings. The highest BCUT2D eigenvalue weighted by Gasteiger charge is 2.16. The number of amides is 1. The lowest BCUT2D eigenvalue weighted by atomic mass is 9.92. The Balaban J connectivity index is 1.81. The fraction of sp³-hybridized carbons (Fsp3) is 0.300. The Hall–Kier alpha value is -2.76. The molecule has 0 saturated heterocycles. The van der Waals surface area contributed by atoms with E-state index in [2.05, 4.69) is 67.1 Å². The van der Waals surface area contributed by atoms with E-state index < -0.39 is 0 Å². The molecule has 0 radical (unpaired) electrons. The molecule has 0 spiro atoms. The molecule has 36 heavy (non-hydrogen) atoms. The van der Waals surface area contributed by atoms with Gasteiger partial charge in [-0.15, -0.1) is 0 Å². The smallest absolute Gasteiger partial charge is 0.248 e. The predicted molar refractivity (Wildman–Crippen MR) is 153 cm³/mol. The average molecular weight is 571 g/mol. The van der Waals surface area contributed by atoms with Gasteiger partial charge in [0, 0.05) is 22.3 Å². The molecular formula is C30H33BrClNO3. The number of hydrogen-bond acceptors (Lipinski definition) is 3. The van der Waals surface area contributed by atoms with Crippen molar-refractivity contribution in [2.75, 3.05) is 11.9 Å². The van der Waals surface area contributed by atoms with Crippen LogP contribution in [0.15, 0.2) is 65.1 Å². The van der Waals surface area contributed by atoms with Crippen molar-refractivity contribution in [1.82, 2.24) is 0 Å². The summed E-state index contributed by atoms with van der Waals surface area (Å²) in [6.07, 6.45) is 3.32. The zero-order valence-corrected chi connectivity index (χ0v) is 23.7. The summed E-state index contributed by atoms with van der Waals surface area (Å²) in [5.74, 6) is 1.59. The van der Waals surface area contributed by atoms with E-state index in [1.807, 2.05) is 43.3 Å². The average Bonchev–Trinajstić information content (AvgIpc) is 2.83. The number of rotatable bonds is 10. The maximum atomic E-state index is 12.9. The van der Waals surface area contributed by atoms with Crippen molar-refractivity contribution in [3.8, 4) is 11.5 Å². The van der Waals surface area contributed by atoms with E-state index in [0.29, 0.717) is 41.6 Å². The fourth-order valence-corrected chi connectivity index (χ4v) is 4.65. The van der Waals surface area contributed by atoms with Gasteiger partial charge in [0.2, 0.25) is 5.91 Å². The van der Waals surface area contributed by atoms with Crippen LogP contribution in [0.2, 0.25) is 5.02 Å². The summed E-state index contributed by atoms with van der Waals surface area (Å²) in [5.41, 5.74) is 4.86. The van der Waals surface area contributed by atoms with E-state index in [1.54, 1.807) is 12.2 Å². The van der Waals surface area contributed by atoms with Crippen molar-refractivity contribution < 1.29 is 14.3 Å². The second-order valence-electron chi connectivity index (χ2n) is 9.09. The molecular weight excluding hydrogens is 538 g/mol. The van der Waals surface area contributed by atoms with Crippen molar-refractivity contribution >= 4 is 45.2 Å². The summed E-state index contributed by atoms with van der Waals surface area (Å²) in [5, 5.41) is 3.77. The van der Waals surface area contributed by atoms with Crippen LogP contribution in [0.1, 0.15) is 68.7 Å². The van der Waals surface area contributed by atoms with Gasteiger partial charge in [0.05, 0.1) is 11.1 Å². The first kappa shape index (κ1) is 27.8. The summed E-state index contributed by atoms with van der Waals surface area (Å²) >= 11 is 9.87. The third kappa shape index (κ3) is 7.14. The third-order valence-corrected chi connectivity index (χ3v) is 6.67. The van der Waals surface area contributed by atoms with Crippen LogP contribution in [0.5, 0.6) is 11.5 Å². The van der Waals surface area contributed by atoms with E-state index in [1.165, 1.54) is 0 Å². The lowest BCUT2D eigenvalue weighted by Crippen LogP contribution is -2.13. The van der Waals surface area contributed by atoms with Crippen molar-refractivity contribution in [3.05, 3.63) is 92.4 Å². The van der Waals surface area contributed by atoms with Crippen molar-refractivity contribution in [3.63, 3.8) is 0 Å². The molecule has 4 nitrogen and oxygen atoms in total. The van der Waals surface area contributed by atoms with Gasteiger partial charge in [0.15, 0.2) is 11.5 Å². The van der Waals surface area contributed by atoms with Crippen molar-refractivity contribution in [2.24, 2.45) is 0 Å². The van der Waals surface area contributed by atoms with Gasteiger partial charge in [-0.25, -0.2) is 0 Å². The molecule has 0 aliphatic heterocycles. The predicted octanol–water partition coefficient (Wildman–Crippen LogP) is 8.98. The van der Waals surface area contributed by atoms with Crippen LogP contribution in [-0.2, 0) is 11.4 Å². The Bertz CT molecular complexity index is 1210. The molecule has 190 valence electrons. The molecule has 6 heteroatoms. The molecule has 0 fully saturated rings. The number of nitrogens with one attached hydrogen (secondary N) is 1. The van der Waals surface area contributed by atoms with Crippen molar-refractivity contribution in [1.29, 1.82) is 0 Å². The number of hydrogen-bond donors (Lipinski definition) is 1. The van der Waals surface area contributed by atoms with Gasteiger partial charge in [-0.05, 0) is 75.7 Å². The van der Waals surface area contributed by atoms with Crippen LogP contribution in [0.25, 0.3) is 6.08 Å². The van der Waals surface area contributed by atoms with Gasteiger partial charge in [0.25, 0.3) is 0 Å². The van der Waals surface area contributed by atoms with E-state index in [4.69, 9.17) is 21.1 Å². The lowest BCUT2D eigenvalue weighted by Gasteiger charge is -2.19. The number of para-hydroxylation sites is 1. The maximum Gasteiger partial charge on any atom is 0.248 e. The van der Waals surface area contributed by atoms with Crippen molar-refractivity contribution in [2.45, 2.75) is 53.1 Å². The van der Waals surface area contributed by atoms with Gasteiger partial charge in [0.1, 0.15) is 6.61 Å². The van der Waals surface area contributed by atoms with Crippen LogP contribution in [0.4, 0.5) is 5.69 Å². The number of carbonyl (C=O) groups is 1. The summed E-state index contributed by atoms with van der Waals surface area (Å²) in [7, 11) is 0. The van der Waals surface area contributed by atoms with E-state index in [0.717, 1.165) is 32.4 Å². The Kier molecular flexibility index (Phi) is 10.0. The highest BCUT2D eigenvalue weighted by molar-refractivity contribution is 9.10. The standard InChI is InChI=1S/C30H33BrClNO3/c1-6-35-27-17-21(16-25(31)30(27)36-18-22-10-7-8-13-26(22)32)14-15-28(34)33-29-23(19(2)3)11-9-12-24(29)20(4)5/h7-17,19-20H,6,18H2,1-5H3,(H,33,34)/b15-14+. The normalized spacial score (nSPS) is 11.4. The third-order valence-electron chi connectivity index (χ3n) is 5.71. The van der Waals surface area contributed by atoms with Gasteiger partial charge >= 0.3 is 0 Å². The number of benzene rings is 3. The topological polar surface area (TPSA) is 47.6 Å². The highest BCUT2D eigenvalue weighted by Crippen LogP contribution is 2.38. The maximum absolute atomic E-state index is 12.9. The van der Waals surface area contributed by atoms with Crippen LogP contribution >= 0.6 is 27.5 Å². The van der Waals surface area contributed by atoms with Gasteiger partial charge in [-0.1, -0.05) is 75.7 Å². The molecule has 3 rings (SSSR count). The molecule has 1 N–H and O–H groups in total. The van der Waals surface area contributed by atoms with Gasteiger partial charge < -0.3 is 14.8 Å². The first-order valence-electron chi connectivity index (χ1n) is 12.2. The molecule has 0 unspecified atom stereocenters. The number of ether oxygens (including phenoxy) is 2. The first-order valence-corrected chi connectivity index (χ1v) is 13.3. The number of halogens is 2. The number of anilines is 1. The summed E-state index contributed by atoms with van der Waals surface area (Å²) in [4.78, 5) is 12.9. The van der Waals surface area contributed by atoms with Crippen LogP contribution in [0.3, 0.4) is 0 Å². The minimum Gasteiger partial charge on any atom is -0.490 e. The Morgan fingerprint density at radius 3 is 2.28 bits per heavy atom. The van der Waals surface area contributed by atoms with E-state index >= 15 is 0 Å². The quantitative estimate of drug-likeness (QED) is 0.247. The molecule has 0 bridgehead atoms. The van der Waals surface area contributed by atoms with E-state index in [-0.39, 0.29) is 5.91 Å². The SMILES string of the molecule is CCOc1cc(/C=C/C(=O)Nc2c(C(C)C)cccc2C(C)C)cc(Br)c1OCc1ccccc1Cl. The van der Waals surface area contributed by atoms with Crippen LogP contribution < -0.4 is 14.8 Å². The highest BCUT2D eigenvalue weighted by atomic mass is 79.9. The van der Waals surface area contributed by atoms with Gasteiger partial charge in [-0.2, -0.15) is 0 Å². The molecule has 0 aliphatic carbocycles.